The lowest BCUT2D eigenvalue weighted by molar-refractivity contribution is 0.0216. The third kappa shape index (κ3) is 5.08. The van der Waals surface area contributed by atoms with Crippen molar-refractivity contribution in [2.24, 2.45) is 5.73 Å². The number of nitrogens with zero attached hydrogens (tertiary/aromatic N) is 1. The van der Waals surface area contributed by atoms with Gasteiger partial charge in [-0.1, -0.05) is 81.4 Å². The van der Waals surface area contributed by atoms with Crippen molar-refractivity contribution in [1.82, 2.24) is 4.90 Å². The zero-order chi connectivity index (χ0) is 23.6. The molecule has 32 heavy (non-hydrogen) atoms. The molecule has 2 N–H and O–H groups in total. The van der Waals surface area contributed by atoms with E-state index in [0.717, 1.165) is 0 Å². The van der Waals surface area contributed by atoms with Crippen molar-refractivity contribution in [2.45, 2.75) is 70.7 Å². The van der Waals surface area contributed by atoms with E-state index in [1.54, 1.807) is 4.90 Å². The lowest BCUT2D eigenvalue weighted by atomic mass is 10.2. The zero-order valence-corrected chi connectivity index (χ0v) is 21.3. The minimum atomic E-state index is -2.69. The highest BCUT2D eigenvalue weighted by Crippen LogP contribution is 2.39. The van der Waals surface area contributed by atoms with E-state index in [0.29, 0.717) is 19.5 Å². The number of hydrogen-bond acceptors (Lipinski definition) is 4. The fourth-order valence-corrected chi connectivity index (χ4v) is 9.35. The Kier molecular flexibility index (Phi) is 7.17. The molecule has 0 unspecified atom stereocenters. The van der Waals surface area contributed by atoms with E-state index in [-0.39, 0.29) is 23.3 Å². The molecule has 0 saturated carbocycles. The summed E-state index contributed by atoms with van der Waals surface area (Å²) in [6, 6.07) is 21.1. The van der Waals surface area contributed by atoms with Crippen LogP contribution >= 0.6 is 0 Å². The first-order valence-corrected chi connectivity index (χ1v) is 13.4. The van der Waals surface area contributed by atoms with E-state index in [4.69, 9.17) is 14.9 Å². The molecule has 174 valence electrons. The van der Waals surface area contributed by atoms with Crippen LogP contribution in [0.1, 0.15) is 48.0 Å². The van der Waals surface area contributed by atoms with E-state index < -0.39 is 13.9 Å². The maximum Gasteiger partial charge on any atom is 0.410 e. The highest BCUT2D eigenvalue weighted by atomic mass is 28.4. The van der Waals surface area contributed by atoms with Gasteiger partial charge in [0.1, 0.15) is 5.60 Å². The summed E-state index contributed by atoms with van der Waals surface area (Å²) >= 11 is 0. The summed E-state index contributed by atoms with van der Waals surface area (Å²) in [5, 5.41) is 2.35. The predicted octanol–water partition coefficient (Wildman–Crippen LogP) is 3.90. The predicted molar refractivity (Wildman–Crippen MR) is 133 cm³/mol. The molecule has 0 aliphatic carbocycles. The van der Waals surface area contributed by atoms with E-state index in [1.807, 2.05) is 32.9 Å². The Balaban J connectivity index is 2.00. The van der Waals surface area contributed by atoms with Gasteiger partial charge in [0.25, 0.3) is 8.32 Å². The Labute approximate surface area is 194 Å². The third-order valence-corrected chi connectivity index (χ3v) is 11.1. The fraction of sp³-hybridized carbons (Fsp3) is 0.500. The minimum absolute atomic E-state index is 0.0898. The molecule has 1 saturated heterocycles. The van der Waals surface area contributed by atoms with Gasteiger partial charge in [-0.25, -0.2) is 4.79 Å². The van der Waals surface area contributed by atoms with Crippen LogP contribution in [0.15, 0.2) is 60.7 Å². The smallest absolute Gasteiger partial charge is 0.410 e. The third-order valence-electron chi connectivity index (χ3n) is 6.04. The lowest BCUT2D eigenvalue weighted by Gasteiger charge is -2.44. The minimum Gasteiger partial charge on any atom is -0.444 e. The molecule has 1 amide bonds. The molecule has 0 spiro atoms. The summed E-state index contributed by atoms with van der Waals surface area (Å²) in [7, 11) is -2.69. The molecule has 1 fully saturated rings. The maximum absolute atomic E-state index is 12.9. The van der Waals surface area contributed by atoms with Crippen molar-refractivity contribution in [2.75, 3.05) is 13.1 Å². The topological polar surface area (TPSA) is 64.8 Å². The highest BCUT2D eigenvalue weighted by molar-refractivity contribution is 6.99. The number of hydrogen-bond donors (Lipinski definition) is 1. The molecule has 0 bridgehead atoms. The van der Waals surface area contributed by atoms with Crippen molar-refractivity contribution in [3.05, 3.63) is 60.7 Å². The Hall–Kier alpha value is -2.15. The van der Waals surface area contributed by atoms with Gasteiger partial charge < -0.3 is 19.8 Å². The van der Waals surface area contributed by atoms with Crippen LogP contribution in [-0.4, -0.2) is 50.1 Å². The molecule has 2 aromatic rings. The van der Waals surface area contributed by atoms with Crippen LogP contribution in [-0.2, 0) is 9.16 Å². The van der Waals surface area contributed by atoms with Gasteiger partial charge in [-0.15, -0.1) is 0 Å². The number of rotatable bonds is 5. The van der Waals surface area contributed by atoms with Gasteiger partial charge in [0, 0.05) is 19.1 Å². The molecule has 3 rings (SSSR count). The molecule has 2 atom stereocenters. The molecular weight excluding hydrogens is 416 g/mol. The molecule has 6 heteroatoms. The van der Waals surface area contributed by atoms with E-state index in [2.05, 4.69) is 69.3 Å². The zero-order valence-electron chi connectivity index (χ0n) is 20.3. The van der Waals surface area contributed by atoms with Gasteiger partial charge in [0.15, 0.2) is 0 Å². The average molecular weight is 455 g/mol. The first kappa shape index (κ1) is 24.5. The van der Waals surface area contributed by atoms with Gasteiger partial charge >= 0.3 is 6.09 Å². The Morgan fingerprint density at radius 2 is 1.47 bits per heavy atom. The maximum atomic E-state index is 12.9. The number of likely N-dealkylation sites (tertiary alicyclic amines) is 1. The van der Waals surface area contributed by atoms with Crippen LogP contribution in [0.3, 0.4) is 0 Å². The number of carbonyl (C=O) groups is 1. The van der Waals surface area contributed by atoms with Gasteiger partial charge in [0.05, 0.1) is 6.10 Å². The van der Waals surface area contributed by atoms with Gasteiger partial charge in [-0.05, 0) is 42.6 Å². The van der Waals surface area contributed by atoms with Crippen LogP contribution in [0, 0.1) is 0 Å². The largest absolute Gasteiger partial charge is 0.444 e. The number of amides is 1. The number of carbonyl (C=O) groups excluding carboxylic acids is 1. The second kappa shape index (κ2) is 9.38. The molecule has 2 aromatic carbocycles. The van der Waals surface area contributed by atoms with Crippen LogP contribution in [0.2, 0.25) is 5.04 Å². The van der Waals surface area contributed by atoms with Crippen molar-refractivity contribution in [3.8, 4) is 0 Å². The van der Waals surface area contributed by atoms with Crippen molar-refractivity contribution in [1.29, 1.82) is 0 Å². The second-order valence-corrected chi connectivity index (χ2v) is 14.9. The monoisotopic (exact) mass is 454 g/mol. The molecule has 5 nitrogen and oxygen atoms in total. The van der Waals surface area contributed by atoms with E-state index in [1.165, 1.54) is 10.4 Å². The summed E-state index contributed by atoms with van der Waals surface area (Å²) < 4.78 is 12.9. The lowest BCUT2D eigenvalue weighted by Crippen LogP contribution is -2.67. The molecule has 0 radical (unpaired) electrons. The van der Waals surface area contributed by atoms with Crippen LogP contribution in [0.25, 0.3) is 0 Å². The molecule has 1 aliphatic rings. The molecule has 0 aromatic heterocycles. The van der Waals surface area contributed by atoms with Crippen LogP contribution in [0.5, 0.6) is 0 Å². The quantitative estimate of drug-likeness (QED) is 0.696. The highest BCUT2D eigenvalue weighted by Gasteiger charge is 2.53. The van der Waals surface area contributed by atoms with E-state index in [9.17, 15) is 4.79 Å². The van der Waals surface area contributed by atoms with Crippen molar-refractivity contribution < 1.29 is 14.0 Å². The first-order valence-electron chi connectivity index (χ1n) is 11.5. The SMILES string of the molecule is CC(C)(C)OC(=O)N1C[C@@H](O[Si](c2ccccc2)(c2ccccc2)C(C)(C)C)C[C@H]1CN. The van der Waals surface area contributed by atoms with Crippen LogP contribution < -0.4 is 16.1 Å². The fourth-order valence-electron chi connectivity index (χ4n) is 4.67. The van der Waals surface area contributed by atoms with E-state index >= 15 is 0 Å². The Morgan fingerprint density at radius 1 is 0.969 bits per heavy atom. The second-order valence-electron chi connectivity index (χ2n) is 10.7. The van der Waals surface area contributed by atoms with Crippen molar-refractivity contribution >= 4 is 24.8 Å². The summed E-state index contributed by atoms with van der Waals surface area (Å²) in [5.41, 5.74) is 5.52. The van der Waals surface area contributed by atoms with Gasteiger partial charge in [0.2, 0.25) is 0 Å². The molecule has 1 aliphatic heterocycles. The van der Waals surface area contributed by atoms with Crippen molar-refractivity contribution in [3.63, 3.8) is 0 Å². The van der Waals surface area contributed by atoms with Gasteiger partial charge in [-0.2, -0.15) is 0 Å². The Morgan fingerprint density at radius 3 is 1.88 bits per heavy atom. The van der Waals surface area contributed by atoms with Crippen LogP contribution in [0.4, 0.5) is 4.79 Å². The normalized spacial score (nSPS) is 19.8. The van der Waals surface area contributed by atoms with Gasteiger partial charge in [-0.3, -0.25) is 0 Å². The molecular formula is C26H38N2O3Si. The Bertz CT molecular complexity index is 851. The standard InChI is InChI=1S/C26H38N2O3Si/c1-25(2,3)30-24(29)28-19-21(17-20(28)18-27)31-32(26(4,5)6,22-13-9-7-10-14-22)23-15-11-8-12-16-23/h7-16,20-21H,17-19,27H2,1-6H3/t20-,21-/m0/s1. The first-order chi connectivity index (χ1) is 15.0. The summed E-state index contributed by atoms with van der Waals surface area (Å²) in [4.78, 5) is 14.6. The summed E-state index contributed by atoms with van der Waals surface area (Å²) in [6.45, 7) is 13.3. The average Bonchev–Trinajstić information content (AvgIpc) is 3.14. The summed E-state index contributed by atoms with van der Waals surface area (Å²) in [5.74, 6) is 0. The summed E-state index contributed by atoms with van der Waals surface area (Å²) in [6.07, 6.45) is 0.282. The number of benzene rings is 2. The number of ether oxygens (including phenoxy) is 1. The molecule has 1 heterocycles. The number of nitrogens with two attached hydrogens (primary N) is 1.